The third kappa shape index (κ3) is 5.73. The number of likely N-dealkylation sites (tertiary alicyclic amines) is 1. The molecule has 2 saturated heterocycles. The monoisotopic (exact) mass is 598 g/mol. The molecule has 10 heteroatoms. The maximum Gasteiger partial charge on any atom is 0.282 e. The van der Waals surface area contributed by atoms with Crippen LogP contribution in [0.3, 0.4) is 0 Å². The van der Waals surface area contributed by atoms with Crippen molar-refractivity contribution in [3.05, 3.63) is 72.2 Å². The maximum atomic E-state index is 13.8. The van der Waals surface area contributed by atoms with Gasteiger partial charge in [-0.1, -0.05) is 48.5 Å². The zero-order valence-corrected chi connectivity index (χ0v) is 24.7. The van der Waals surface area contributed by atoms with Crippen LogP contribution < -0.4 is 9.64 Å². The standard InChI is InChI=1S/C33H32ClFN6O2/c1-21(35)33(42)41-15-14-40(19-24(41)11-12-36)29-17-30(43-20-25-8-5-13-39(25)2)38-28-16-23(18-37-32(28)29)26-9-3-6-22-7-4-10-27(34)31(22)26/h3-4,6-7,9-10,16-18,24-25H,1,5,8,11,13-15,19-20H2,2H3/t24-,25-/m0/s1. The van der Waals surface area contributed by atoms with E-state index in [4.69, 9.17) is 26.3 Å². The van der Waals surface area contributed by atoms with Gasteiger partial charge in [0.25, 0.3) is 5.91 Å². The molecule has 2 aliphatic heterocycles. The molecule has 2 aliphatic rings. The number of hydrogen-bond donors (Lipinski definition) is 0. The van der Waals surface area contributed by atoms with Crippen molar-refractivity contribution in [2.24, 2.45) is 0 Å². The lowest BCUT2D eigenvalue weighted by Gasteiger charge is -2.41. The lowest BCUT2D eigenvalue weighted by molar-refractivity contribution is -0.131. The number of rotatable bonds is 7. The summed E-state index contributed by atoms with van der Waals surface area (Å²) in [6.45, 7) is 5.72. The molecule has 0 bridgehead atoms. The van der Waals surface area contributed by atoms with Gasteiger partial charge in [-0.2, -0.15) is 5.26 Å². The number of amides is 1. The number of nitriles is 1. The second kappa shape index (κ2) is 12.2. The largest absolute Gasteiger partial charge is 0.476 e. The summed E-state index contributed by atoms with van der Waals surface area (Å²) >= 11 is 6.64. The molecular formula is C33H32ClFN6O2. The summed E-state index contributed by atoms with van der Waals surface area (Å²) < 4.78 is 20.1. The Bertz CT molecular complexity index is 1750. The maximum absolute atomic E-state index is 13.8. The number of carbonyl (C=O) groups excluding carboxylic acids is 1. The number of benzene rings is 2. The normalized spacial score (nSPS) is 19.1. The summed E-state index contributed by atoms with van der Waals surface area (Å²) in [6, 6.07) is 17.7. The van der Waals surface area contributed by atoms with Crippen molar-refractivity contribution in [1.82, 2.24) is 19.8 Å². The average molecular weight is 599 g/mol. The minimum absolute atomic E-state index is 0.0648. The van der Waals surface area contributed by atoms with Gasteiger partial charge in [-0.25, -0.2) is 9.37 Å². The summed E-state index contributed by atoms with van der Waals surface area (Å²) in [5.41, 5.74) is 3.94. The van der Waals surface area contributed by atoms with Crippen LogP contribution in [-0.2, 0) is 4.79 Å². The number of fused-ring (bicyclic) bond motifs is 2. The fraction of sp³-hybridized carbons (Fsp3) is 0.333. The highest BCUT2D eigenvalue weighted by Gasteiger charge is 2.33. The lowest BCUT2D eigenvalue weighted by atomic mass is 9.99. The van der Waals surface area contributed by atoms with Crippen molar-refractivity contribution in [1.29, 1.82) is 5.26 Å². The van der Waals surface area contributed by atoms with E-state index in [1.165, 1.54) is 4.90 Å². The summed E-state index contributed by atoms with van der Waals surface area (Å²) in [4.78, 5) is 28.0. The Labute approximate surface area is 254 Å². The van der Waals surface area contributed by atoms with Gasteiger partial charge in [0, 0.05) is 53.9 Å². The first-order valence-electron chi connectivity index (χ1n) is 14.4. The topological polar surface area (TPSA) is 85.6 Å². The van der Waals surface area contributed by atoms with Crippen LogP contribution in [0.4, 0.5) is 10.1 Å². The predicted octanol–water partition coefficient (Wildman–Crippen LogP) is 5.99. The summed E-state index contributed by atoms with van der Waals surface area (Å²) in [5, 5.41) is 12.1. The molecule has 0 N–H and O–H groups in total. The second-order valence-electron chi connectivity index (χ2n) is 11.2. The number of likely N-dealkylation sites (N-methyl/N-ethyl adjacent to an activating group) is 1. The van der Waals surface area contributed by atoms with Gasteiger partial charge >= 0.3 is 0 Å². The molecule has 4 heterocycles. The van der Waals surface area contributed by atoms with Gasteiger partial charge in [-0.15, -0.1) is 0 Å². The van der Waals surface area contributed by atoms with Gasteiger partial charge in [0.2, 0.25) is 5.88 Å². The molecule has 0 aliphatic carbocycles. The molecule has 2 aromatic carbocycles. The van der Waals surface area contributed by atoms with Gasteiger partial charge < -0.3 is 19.4 Å². The quantitative estimate of drug-likeness (QED) is 0.242. The van der Waals surface area contributed by atoms with E-state index in [2.05, 4.69) is 29.5 Å². The van der Waals surface area contributed by atoms with Crippen molar-refractivity contribution < 1.29 is 13.9 Å². The fourth-order valence-electron chi connectivity index (χ4n) is 6.22. The van der Waals surface area contributed by atoms with Gasteiger partial charge in [0.05, 0.1) is 29.7 Å². The molecule has 8 nitrogen and oxygen atoms in total. The Kier molecular flexibility index (Phi) is 8.15. The van der Waals surface area contributed by atoms with Crippen LogP contribution in [0.2, 0.25) is 5.02 Å². The third-order valence-electron chi connectivity index (χ3n) is 8.50. The van der Waals surface area contributed by atoms with Gasteiger partial charge in [-0.3, -0.25) is 9.78 Å². The molecule has 4 aromatic rings. The highest BCUT2D eigenvalue weighted by molar-refractivity contribution is 6.36. The molecule has 6 rings (SSSR count). The molecule has 1 amide bonds. The van der Waals surface area contributed by atoms with Crippen LogP contribution in [0.5, 0.6) is 5.88 Å². The average Bonchev–Trinajstić information content (AvgIpc) is 3.43. The van der Waals surface area contributed by atoms with Crippen LogP contribution in [0.15, 0.2) is 67.1 Å². The van der Waals surface area contributed by atoms with Crippen molar-refractivity contribution >= 4 is 45.0 Å². The SMILES string of the molecule is C=C(F)C(=O)N1CCN(c2cc(OC[C@@H]3CCCN3C)nc3cc(-c4cccc5cccc(Cl)c45)cnc23)C[C@@H]1CC#N. The van der Waals surface area contributed by atoms with E-state index in [9.17, 15) is 14.4 Å². The Balaban J connectivity index is 1.41. The third-order valence-corrected chi connectivity index (χ3v) is 8.82. The minimum Gasteiger partial charge on any atom is -0.476 e. The van der Waals surface area contributed by atoms with Crippen molar-refractivity contribution in [3.8, 4) is 23.1 Å². The second-order valence-corrected chi connectivity index (χ2v) is 11.6. The number of pyridine rings is 2. The number of aromatic nitrogens is 2. The van der Waals surface area contributed by atoms with E-state index >= 15 is 0 Å². The van der Waals surface area contributed by atoms with Gasteiger partial charge in [0.1, 0.15) is 12.1 Å². The van der Waals surface area contributed by atoms with E-state index < -0.39 is 17.8 Å². The molecule has 2 atom stereocenters. The Morgan fingerprint density at radius 2 is 2.00 bits per heavy atom. The van der Waals surface area contributed by atoms with E-state index in [0.717, 1.165) is 47.0 Å². The van der Waals surface area contributed by atoms with E-state index in [0.29, 0.717) is 47.7 Å². The van der Waals surface area contributed by atoms with Crippen molar-refractivity contribution in [2.45, 2.75) is 31.3 Å². The number of nitrogens with zero attached hydrogens (tertiary/aromatic N) is 6. The molecule has 0 spiro atoms. The Hall–Kier alpha value is -4.26. The van der Waals surface area contributed by atoms with E-state index in [-0.39, 0.29) is 13.0 Å². The molecule has 43 heavy (non-hydrogen) atoms. The first-order valence-corrected chi connectivity index (χ1v) is 14.8. The first kappa shape index (κ1) is 28.8. The number of anilines is 1. The van der Waals surface area contributed by atoms with E-state index in [1.807, 2.05) is 54.7 Å². The lowest BCUT2D eigenvalue weighted by Crippen LogP contribution is -2.55. The molecular weight excluding hydrogens is 567 g/mol. The Morgan fingerprint density at radius 1 is 1.19 bits per heavy atom. The zero-order chi connectivity index (χ0) is 30.1. The molecule has 0 saturated carbocycles. The highest BCUT2D eigenvalue weighted by atomic mass is 35.5. The summed E-state index contributed by atoms with van der Waals surface area (Å²) in [6.07, 6.45) is 4.08. The predicted molar refractivity (Wildman–Crippen MR) is 167 cm³/mol. The number of ether oxygens (including phenoxy) is 1. The zero-order valence-electron chi connectivity index (χ0n) is 24.0. The van der Waals surface area contributed by atoms with Crippen LogP contribution in [0, 0.1) is 11.3 Å². The molecule has 2 aromatic heterocycles. The van der Waals surface area contributed by atoms with Crippen LogP contribution >= 0.6 is 11.6 Å². The smallest absolute Gasteiger partial charge is 0.282 e. The Morgan fingerprint density at radius 3 is 2.74 bits per heavy atom. The number of carbonyl (C=O) groups is 1. The highest BCUT2D eigenvalue weighted by Crippen LogP contribution is 2.37. The molecule has 0 radical (unpaired) electrons. The fourth-order valence-corrected chi connectivity index (χ4v) is 6.50. The first-order chi connectivity index (χ1) is 20.8. The minimum atomic E-state index is -1.03. The van der Waals surface area contributed by atoms with Crippen molar-refractivity contribution in [3.63, 3.8) is 0 Å². The van der Waals surface area contributed by atoms with Crippen LogP contribution in [0.25, 0.3) is 32.9 Å². The van der Waals surface area contributed by atoms with Crippen LogP contribution in [0.1, 0.15) is 19.3 Å². The molecule has 220 valence electrons. The van der Waals surface area contributed by atoms with Gasteiger partial charge in [-0.05, 0) is 49.5 Å². The summed E-state index contributed by atoms with van der Waals surface area (Å²) in [7, 11) is 2.11. The van der Waals surface area contributed by atoms with Gasteiger partial charge in [0.15, 0.2) is 5.83 Å². The van der Waals surface area contributed by atoms with Crippen molar-refractivity contribution in [2.75, 3.05) is 44.7 Å². The molecule has 0 unspecified atom stereocenters. The number of piperazine rings is 1. The van der Waals surface area contributed by atoms with Crippen LogP contribution in [-0.4, -0.2) is 77.6 Å². The molecule has 2 fully saturated rings. The number of halogens is 2. The summed E-state index contributed by atoms with van der Waals surface area (Å²) in [5.74, 6) is -1.33. The number of hydrogen-bond acceptors (Lipinski definition) is 7. The van der Waals surface area contributed by atoms with E-state index in [1.54, 1.807) is 0 Å².